The number of nitrogens with two attached hydrogens (primary N) is 1. The van der Waals surface area contributed by atoms with E-state index in [0.29, 0.717) is 6.61 Å². The maximum Gasteiger partial charge on any atom is 0.164 e. The molecule has 1 heterocycles. The molecular formula is C14H19BrN4O. The second-order valence-electron chi connectivity index (χ2n) is 4.66. The van der Waals surface area contributed by atoms with E-state index in [1.54, 1.807) is 6.33 Å². The molecule has 108 valence electrons. The van der Waals surface area contributed by atoms with Crippen molar-refractivity contribution in [2.75, 3.05) is 0 Å². The Morgan fingerprint density at radius 2 is 2.25 bits per heavy atom. The Hall–Kier alpha value is -1.40. The van der Waals surface area contributed by atoms with Gasteiger partial charge in [0.1, 0.15) is 18.7 Å². The normalized spacial score (nSPS) is 12.4. The summed E-state index contributed by atoms with van der Waals surface area (Å²) in [7, 11) is 0. The third-order valence-electron chi connectivity index (χ3n) is 2.95. The van der Waals surface area contributed by atoms with Gasteiger partial charge in [0.25, 0.3) is 0 Å². The van der Waals surface area contributed by atoms with Crippen LogP contribution in [0.1, 0.15) is 37.7 Å². The molecule has 2 aromatic rings. The number of aromatic nitrogens is 3. The first-order chi connectivity index (χ1) is 9.61. The molecule has 0 bridgehead atoms. The Labute approximate surface area is 127 Å². The summed E-state index contributed by atoms with van der Waals surface area (Å²) in [6.07, 6.45) is 2.57. The van der Waals surface area contributed by atoms with E-state index in [2.05, 4.69) is 32.9 Å². The molecule has 2 N–H and O–H groups in total. The predicted molar refractivity (Wildman–Crippen MR) is 81.4 cm³/mol. The van der Waals surface area contributed by atoms with Crippen LogP contribution in [0.25, 0.3) is 0 Å². The highest BCUT2D eigenvalue weighted by atomic mass is 79.9. The lowest BCUT2D eigenvalue weighted by Gasteiger charge is -2.14. The fourth-order valence-corrected chi connectivity index (χ4v) is 2.29. The zero-order valence-corrected chi connectivity index (χ0v) is 13.3. The van der Waals surface area contributed by atoms with Crippen LogP contribution in [0.15, 0.2) is 29.0 Å². The molecule has 20 heavy (non-hydrogen) atoms. The second kappa shape index (κ2) is 6.85. The maximum absolute atomic E-state index is 5.96. The van der Waals surface area contributed by atoms with E-state index in [4.69, 9.17) is 10.5 Å². The number of halogens is 1. The molecule has 0 saturated carbocycles. The molecule has 2 rings (SSSR count). The topological polar surface area (TPSA) is 66.0 Å². The van der Waals surface area contributed by atoms with Gasteiger partial charge in [-0.3, -0.25) is 0 Å². The summed E-state index contributed by atoms with van der Waals surface area (Å²) >= 11 is 3.45. The van der Waals surface area contributed by atoms with Gasteiger partial charge in [-0.1, -0.05) is 28.9 Å². The van der Waals surface area contributed by atoms with Crippen molar-refractivity contribution in [3.05, 3.63) is 40.4 Å². The Morgan fingerprint density at radius 1 is 1.45 bits per heavy atom. The quantitative estimate of drug-likeness (QED) is 0.878. The summed E-state index contributed by atoms with van der Waals surface area (Å²) in [5, 5.41) is 4.18. The molecule has 0 aliphatic carbocycles. The summed E-state index contributed by atoms with van der Waals surface area (Å²) < 4.78 is 8.71. The van der Waals surface area contributed by atoms with Crippen LogP contribution in [0.3, 0.4) is 0 Å². The molecule has 0 aliphatic heterocycles. The van der Waals surface area contributed by atoms with Crippen LogP contribution in [0.2, 0.25) is 0 Å². The number of ether oxygens (including phenoxy) is 1. The average Bonchev–Trinajstić information content (AvgIpc) is 2.84. The van der Waals surface area contributed by atoms with Crippen LogP contribution >= 0.6 is 15.9 Å². The minimum Gasteiger partial charge on any atom is -0.485 e. The molecule has 0 fully saturated rings. The third-order valence-corrected chi connectivity index (χ3v) is 3.45. The van der Waals surface area contributed by atoms with Crippen LogP contribution in [0.4, 0.5) is 0 Å². The first-order valence-corrected chi connectivity index (χ1v) is 7.45. The third kappa shape index (κ3) is 3.58. The fraction of sp³-hybridized carbons (Fsp3) is 0.429. The molecule has 1 aromatic heterocycles. The fourth-order valence-electron chi connectivity index (χ4n) is 1.95. The first kappa shape index (κ1) is 15.0. The Kier molecular flexibility index (Phi) is 5.14. The van der Waals surface area contributed by atoms with Crippen molar-refractivity contribution in [2.45, 2.75) is 39.5 Å². The zero-order chi connectivity index (χ0) is 14.5. The van der Waals surface area contributed by atoms with E-state index in [1.807, 2.05) is 29.8 Å². The van der Waals surface area contributed by atoms with Crippen LogP contribution in [0.5, 0.6) is 5.75 Å². The molecule has 1 atom stereocenters. The van der Waals surface area contributed by atoms with Gasteiger partial charge in [0.2, 0.25) is 0 Å². The molecular weight excluding hydrogens is 320 g/mol. The van der Waals surface area contributed by atoms with Gasteiger partial charge in [-0.25, -0.2) is 9.67 Å². The van der Waals surface area contributed by atoms with E-state index in [9.17, 15) is 0 Å². The standard InChI is InChI=1S/C14H19BrN4O/c1-3-6-19-14(17-9-18-19)8-20-13-7-11(15)4-5-12(13)10(2)16/h4-5,7,9-10H,3,6,8,16H2,1-2H3. The number of benzene rings is 1. The van der Waals surface area contributed by atoms with Gasteiger partial charge in [-0.15, -0.1) is 0 Å². The molecule has 1 unspecified atom stereocenters. The Bertz CT molecular complexity index is 568. The highest BCUT2D eigenvalue weighted by Gasteiger charge is 2.11. The molecule has 0 radical (unpaired) electrons. The lowest BCUT2D eigenvalue weighted by Crippen LogP contribution is -2.11. The number of hydrogen-bond donors (Lipinski definition) is 1. The molecule has 0 aliphatic rings. The summed E-state index contributed by atoms with van der Waals surface area (Å²) in [5.74, 6) is 1.60. The van der Waals surface area contributed by atoms with Crippen LogP contribution in [0, 0.1) is 0 Å². The molecule has 5 nitrogen and oxygen atoms in total. The second-order valence-corrected chi connectivity index (χ2v) is 5.57. The summed E-state index contributed by atoms with van der Waals surface area (Å²) in [5.41, 5.74) is 6.94. The highest BCUT2D eigenvalue weighted by molar-refractivity contribution is 9.10. The SMILES string of the molecule is CCCn1ncnc1COc1cc(Br)ccc1C(C)N. The number of aryl methyl sites for hydroxylation is 1. The van der Waals surface area contributed by atoms with Crippen molar-refractivity contribution >= 4 is 15.9 Å². The van der Waals surface area contributed by atoms with E-state index < -0.39 is 0 Å². The lowest BCUT2D eigenvalue weighted by atomic mass is 10.1. The first-order valence-electron chi connectivity index (χ1n) is 6.66. The summed E-state index contributed by atoms with van der Waals surface area (Å²) in [4.78, 5) is 4.23. The van der Waals surface area contributed by atoms with Gasteiger partial charge in [0.15, 0.2) is 5.82 Å². The Morgan fingerprint density at radius 3 is 2.95 bits per heavy atom. The zero-order valence-electron chi connectivity index (χ0n) is 11.7. The van der Waals surface area contributed by atoms with Crippen molar-refractivity contribution in [2.24, 2.45) is 5.73 Å². The minimum absolute atomic E-state index is 0.0772. The van der Waals surface area contributed by atoms with Gasteiger partial charge in [0, 0.05) is 22.6 Å². The van der Waals surface area contributed by atoms with Crippen molar-refractivity contribution in [1.29, 1.82) is 0 Å². The van der Waals surface area contributed by atoms with Crippen LogP contribution < -0.4 is 10.5 Å². The van der Waals surface area contributed by atoms with Crippen LogP contribution in [-0.2, 0) is 13.2 Å². The van der Waals surface area contributed by atoms with Crippen molar-refractivity contribution in [1.82, 2.24) is 14.8 Å². The van der Waals surface area contributed by atoms with E-state index in [0.717, 1.165) is 34.6 Å². The number of hydrogen-bond acceptors (Lipinski definition) is 4. The average molecular weight is 339 g/mol. The minimum atomic E-state index is -0.0772. The highest BCUT2D eigenvalue weighted by Crippen LogP contribution is 2.28. The predicted octanol–water partition coefficient (Wildman–Crippen LogP) is 3.05. The van der Waals surface area contributed by atoms with E-state index in [1.165, 1.54) is 0 Å². The summed E-state index contributed by atoms with van der Waals surface area (Å²) in [6, 6.07) is 5.79. The number of nitrogens with zero attached hydrogens (tertiary/aromatic N) is 3. The Balaban J connectivity index is 2.14. The van der Waals surface area contributed by atoms with Crippen molar-refractivity contribution in [3.63, 3.8) is 0 Å². The number of rotatable bonds is 6. The van der Waals surface area contributed by atoms with Crippen molar-refractivity contribution < 1.29 is 4.74 Å². The summed E-state index contributed by atoms with van der Waals surface area (Å²) in [6.45, 7) is 5.28. The lowest BCUT2D eigenvalue weighted by molar-refractivity contribution is 0.282. The van der Waals surface area contributed by atoms with Gasteiger partial charge < -0.3 is 10.5 Å². The molecule has 0 amide bonds. The van der Waals surface area contributed by atoms with Gasteiger partial charge in [0.05, 0.1) is 0 Å². The van der Waals surface area contributed by atoms with E-state index in [-0.39, 0.29) is 6.04 Å². The molecule has 6 heteroatoms. The maximum atomic E-state index is 5.96. The van der Waals surface area contributed by atoms with E-state index >= 15 is 0 Å². The monoisotopic (exact) mass is 338 g/mol. The van der Waals surface area contributed by atoms with Crippen LogP contribution in [-0.4, -0.2) is 14.8 Å². The van der Waals surface area contributed by atoms with Gasteiger partial charge in [-0.2, -0.15) is 5.10 Å². The van der Waals surface area contributed by atoms with Crippen molar-refractivity contribution in [3.8, 4) is 5.75 Å². The molecule has 1 aromatic carbocycles. The van der Waals surface area contributed by atoms with Gasteiger partial charge >= 0.3 is 0 Å². The molecule has 0 spiro atoms. The van der Waals surface area contributed by atoms with Gasteiger partial charge in [-0.05, 0) is 25.5 Å². The smallest absolute Gasteiger partial charge is 0.164 e. The molecule has 0 saturated heterocycles. The largest absolute Gasteiger partial charge is 0.485 e.